The first-order valence-electron chi connectivity index (χ1n) is 6.37. The Bertz CT molecular complexity index is 227. The van der Waals surface area contributed by atoms with E-state index < -0.39 is 5.97 Å². The lowest BCUT2D eigenvalue weighted by molar-refractivity contribution is -0.137. The summed E-state index contributed by atoms with van der Waals surface area (Å²) in [6, 6.07) is 0.406. The lowest BCUT2D eigenvalue weighted by atomic mass is 9.82. The molecule has 0 aromatic carbocycles. The van der Waals surface area contributed by atoms with Gasteiger partial charge in [0.1, 0.15) is 0 Å². The fraction of sp³-hybridized carbons (Fsp3) is 0.923. The fourth-order valence-corrected chi connectivity index (χ4v) is 2.65. The second kappa shape index (κ2) is 5.67. The maximum atomic E-state index is 10.7. The van der Waals surface area contributed by atoms with E-state index in [1.807, 2.05) is 0 Å². The predicted octanol–water partition coefficient (Wildman–Crippen LogP) is 2.75. The second-order valence-electron chi connectivity index (χ2n) is 5.91. The molecule has 0 aromatic rings. The van der Waals surface area contributed by atoms with Crippen LogP contribution in [0.25, 0.3) is 0 Å². The molecule has 16 heavy (non-hydrogen) atoms. The lowest BCUT2D eigenvalue weighted by Gasteiger charge is -2.42. The molecule has 1 unspecified atom stereocenters. The molecule has 0 saturated carbocycles. The van der Waals surface area contributed by atoms with Gasteiger partial charge in [0.15, 0.2) is 0 Å². The summed E-state index contributed by atoms with van der Waals surface area (Å²) in [7, 11) is 0. The summed E-state index contributed by atoms with van der Waals surface area (Å²) < 4.78 is 0. The van der Waals surface area contributed by atoms with E-state index in [4.69, 9.17) is 5.11 Å². The molecule has 0 spiro atoms. The van der Waals surface area contributed by atoms with E-state index in [9.17, 15) is 4.79 Å². The molecule has 1 heterocycles. The Morgan fingerprint density at radius 2 is 1.81 bits per heavy atom. The lowest BCUT2D eigenvalue weighted by Crippen LogP contribution is -2.46. The van der Waals surface area contributed by atoms with E-state index in [0.717, 1.165) is 19.5 Å². The highest BCUT2D eigenvalue weighted by Crippen LogP contribution is 2.30. The molecule has 1 aliphatic rings. The molecule has 0 radical (unpaired) electrons. The van der Waals surface area contributed by atoms with Crippen molar-refractivity contribution in [3.63, 3.8) is 0 Å². The average Bonchev–Trinajstić information content (AvgIpc) is 2.17. The van der Waals surface area contributed by atoms with Gasteiger partial charge in [0, 0.05) is 12.5 Å². The van der Waals surface area contributed by atoms with Crippen molar-refractivity contribution in [3.05, 3.63) is 0 Å². The molecule has 3 nitrogen and oxygen atoms in total. The SMILES string of the molecule is CC(C)(C)C(CCC(=O)O)N1CCCCC1. The third-order valence-corrected chi connectivity index (χ3v) is 3.46. The third-order valence-electron chi connectivity index (χ3n) is 3.46. The maximum Gasteiger partial charge on any atom is 0.303 e. The Labute approximate surface area is 98.8 Å². The zero-order valence-electron chi connectivity index (χ0n) is 10.8. The number of aliphatic carboxylic acids is 1. The Hall–Kier alpha value is -0.570. The molecular formula is C13H25NO2. The second-order valence-corrected chi connectivity index (χ2v) is 5.91. The summed E-state index contributed by atoms with van der Waals surface area (Å²) in [6.07, 6.45) is 4.92. The van der Waals surface area contributed by atoms with Crippen LogP contribution >= 0.6 is 0 Å². The number of carbonyl (C=O) groups is 1. The Morgan fingerprint density at radius 1 is 1.25 bits per heavy atom. The van der Waals surface area contributed by atoms with Gasteiger partial charge in [-0.05, 0) is 37.8 Å². The fourth-order valence-electron chi connectivity index (χ4n) is 2.65. The summed E-state index contributed by atoms with van der Waals surface area (Å²) in [5, 5.41) is 8.81. The van der Waals surface area contributed by atoms with Gasteiger partial charge >= 0.3 is 5.97 Å². The van der Waals surface area contributed by atoms with E-state index in [1.54, 1.807) is 0 Å². The Morgan fingerprint density at radius 3 is 2.25 bits per heavy atom. The van der Waals surface area contributed by atoms with Gasteiger partial charge in [0.05, 0.1) is 0 Å². The highest BCUT2D eigenvalue weighted by Gasteiger charge is 2.31. The monoisotopic (exact) mass is 227 g/mol. The van der Waals surface area contributed by atoms with E-state index in [-0.39, 0.29) is 5.41 Å². The Balaban J connectivity index is 2.58. The van der Waals surface area contributed by atoms with Crippen molar-refractivity contribution in [3.8, 4) is 0 Å². The molecule has 94 valence electrons. The number of likely N-dealkylation sites (tertiary alicyclic amines) is 1. The molecule has 1 atom stereocenters. The molecular weight excluding hydrogens is 202 g/mol. The quantitative estimate of drug-likeness (QED) is 0.803. The minimum absolute atomic E-state index is 0.173. The first-order chi connectivity index (χ1) is 7.41. The van der Waals surface area contributed by atoms with Gasteiger partial charge in [-0.15, -0.1) is 0 Å². The number of nitrogens with zero attached hydrogens (tertiary/aromatic N) is 1. The summed E-state index contributed by atoms with van der Waals surface area (Å²) in [4.78, 5) is 13.2. The van der Waals surface area contributed by atoms with Gasteiger partial charge in [-0.1, -0.05) is 27.2 Å². The van der Waals surface area contributed by atoms with Crippen LogP contribution in [0.5, 0.6) is 0 Å². The standard InChI is InChI=1S/C13H25NO2/c1-13(2,3)11(7-8-12(15)16)14-9-5-4-6-10-14/h11H,4-10H2,1-3H3,(H,15,16). The molecule has 1 rings (SSSR count). The average molecular weight is 227 g/mol. The number of rotatable bonds is 4. The highest BCUT2D eigenvalue weighted by atomic mass is 16.4. The van der Waals surface area contributed by atoms with Crippen molar-refractivity contribution < 1.29 is 9.90 Å². The first kappa shape index (κ1) is 13.5. The molecule has 0 bridgehead atoms. The van der Waals surface area contributed by atoms with Crippen LogP contribution in [-0.2, 0) is 4.79 Å². The molecule has 0 aliphatic carbocycles. The smallest absolute Gasteiger partial charge is 0.303 e. The molecule has 0 amide bonds. The van der Waals surface area contributed by atoms with Crippen molar-refractivity contribution in [1.29, 1.82) is 0 Å². The van der Waals surface area contributed by atoms with E-state index in [0.29, 0.717) is 12.5 Å². The first-order valence-corrected chi connectivity index (χ1v) is 6.37. The number of hydrogen-bond donors (Lipinski definition) is 1. The molecule has 1 fully saturated rings. The summed E-state index contributed by atoms with van der Waals surface area (Å²) in [5.74, 6) is -0.675. The van der Waals surface area contributed by atoms with Gasteiger partial charge in [-0.3, -0.25) is 9.69 Å². The van der Waals surface area contributed by atoms with Crippen LogP contribution in [0, 0.1) is 5.41 Å². The van der Waals surface area contributed by atoms with Crippen LogP contribution in [0.3, 0.4) is 0 Å². The molecule has 1 saturated heterocycles. The predicted molar refractivity (Wildman–Crippen MR) is 65.5 cm³/mol. The van der Waals surface area contributed by atoms with Gasteiger partial charge in [0.2, 0.25) is 0 Å². The van der Waals surface area contributed by atoms with Crippen LogP contribution < -0.4 is 0 Å². The van der Waals surface area contributed by atoms with E-state index in [1.165, 1.54) is 19.3 Å². The highest BCUT2D eigenvalue weighted by molar-refractivity contribution is 5.66. The molecule has 3 heteroatoms. The number of carboxylic acid groups (broad SMARTS) is 1. The van der Waals surface area contributed by atoms with Gasteiger partial charge < -0.3 is 5.11 Å². The zero-order chi connectivity index (χ0) is 12.2. The minimum Gasteiger partial charge on any atom is -0.481 e. The van der Waals surface area contributed by atoms with Crippen molar-refractivity contribution in [2.24, 2.45) is 5.41 Å². The van der Waals surface area contributed by atoms with Crippen molar-refractivity contribution in [1.82, 2.24) is 4.90 Å². The molecule has 1 N–H and O–H groups in total. The third kappa shape index (κ3) is 4.12. The van der Waals surface area contributed by atoms with Gasteiger partial charge in [-0.2, -0.15) is 0 Å². The zero-order valence-corrected chi connectivity index (χ0v) is 10.8. The largest absolute Gasteiger partial charge is 0.481 e. The topological polar surface area (TPSA) is 40.5 Å². The summed E-state index contributed by atoms with van der Waals surface area (Å²) in [5.41, 5.74) is 0.173. The van der Waals surface area contributed by atoms with E-state index >= 15 is 0 Å². The number of carboxylic acids is 1. The van der Waals surface area contributed by atoms with E-state index in [2.05, 4.69) is 25.7 Å². The van der Waals surface area contributed by atoms with Crippen molar-refractivity contribution in [2.75, 3.05) is 13.1 Å². The van der Waals surface area contributed by atoms with Crippen LogP contribution in [0.2, 0.25) is 0 Å². The van der Waals surface area contributed by atoms with Gasteiger partial charge in [0.25, 0.3) is 0 Å². The summed E-state index contributed by atoms with van der Waals surface area (Å²) in [6.45, 7) is 8.93. The Kier molecular flexibility index (Phi) is 4.78. The van der Waals surface area contributed by atoms with Gasteiger partial charge in [-0.25, -0.2) is 0 Å². The van der Waals surface area contributed by atoms with Crippen LogP contribution in [-0.4, -0.2) is 35.1 Å². The van der Waals surface area contributed by atoms with Crippen molar-refractivity contribution >= 4 is 5.97 Å². The van der Waals surface area contributed by atoms with Crippen LogP contribution in [0.1, 0.15) is 52.9 Å². The number of piperidine rings is 1. The number of hydrogen-bond acceptors (Lipinski definition) is 2. The normalized spacial score (nSPS) is 20.7. The molecule has 1 aliphatic heterocycles. The van der Waals surface area contributed by atoms with Crippen molar-refractivity contribution in [2.45, 2.75) is 58.9 Å². The maximum absolute atomic E-state index is 10.7. The minimum atomic E-state index is -0.675. The molecule has 0 aromatic heterocycles. The van der Waals surface area contributed by atoms with Crippen LogP contribution in [0.15, 0.2) is 0 Å². The van der Waals surface area contributed by atoms with Crippen LogP contribution in [0.4, 0.5) is 0 Å². The summed E-state index contributed by atoms with van der Waals surface area (Å²) >= 11 is 0.